The average molecular weight is 382 g/mol. The van der Waals surface area contributed by atoms with Crippen LogP contribution >= 0.6 is 27.5 Å². The summed E-state index contributed by atoms with van der Waals surface area (Å²) in [5.74, 6) is -0.334. The number of anilines is 2. The molecular weight excluding hydrogens is 368 g/mol. The highest BCUT2D eigenvalue weighted by atomic mass is 79.9. The van der Waals surface area contributed by atoms with E-state index in [0.717, 1.165) is 10.0 Å². The molecule has 0 saturated carbocycles. The highest BCUT2D eigenvalue weighted by Crippen LogP contribution is 2.25. The second-order valence-corrected chi connectivity index (χ2v) is 6.05. The van der Waals surface area contributed by atoms with E-state index < -0.39 is 0 Å². The Bertz CT molecular complexity index is 702. The number of hydrogen-bond donors (Lipinski definition) is 2. The largest absolute Gasteiger partial charge is 0.326 e. The van der Waals surface area contributed by atoms with Crippen LogP contribution in [0.25, 0.3) is 0 Å². The lowest BCUT2D eigenvalue weighted by Gasteiger charge is -2.09. The van der Waals surface area contributed by atoms with Crippen molar-refractivity contribution >= 4 is 50.7 Å². The summed E-state index contributed by atoms with van der Waals surface area (Å²) in [6.45, 7) is 1.41. The standard InChI is InChI=1S/C16H14BrClN2O2/c1-10(21)19-15-7-6-13(9-14(15)18)20-16(22)8-11-2-4-12(17)5-3-11/h2-7,9H,8H2,1H3,(H,19,21)(H,20,22). The number of amides is 2. The van der Waals surface area contributed by atoms with Crippen molar-refractivity contribution in [1.29, 1.82) is 0 Å². The fourth-order valence-corrected chi connectivity index (χ4v) is 2.37. The topological polar surface area (TPSA) is 58.2 Å². The van der Waals surface area contributed by atoms with Gasteiger partial charge in [0.1, 0.15) is 0 Å². The van der Waals surface area contributed by atoms with Crippen LogP contribution in [0.15, 0.2) is 46.9 Å². The SMILES string of the molecule is CC(=O)Nc1ccc(NC(=O)Cc2ccc(Br)cc2)cc1Cl. The van der Waals surface area contributed by atoms with Crippen molar-refractivity contribution in [3.63, 3.8) is 0 Å². The summed E-state index contributed by atoms with van der Waals surface area (Å²) in [4.78, 5) is 23.0. The van der Waals surface area contributed by atoms with Gasteiger partial charge in [-0.25, -0.2) is 0 Å². The first kappa shape index (κ1) is 16.5. The molecule has 0 heterocycles. The molecule has 22 heavy (non-hydrogen) atoms. The minimum Gasteiger partial charge on any atom is -0.326 e. The number of carbonyl (C=O) groups excluding carboxylic acids is 2. The second-order valence-electron chi connectivity index (χ2n) is 4.73. The van der Waals surface area contributed by atoms with Gasteiger partial charge in [0, 0.05) is 17.1 Å². The van der Waals surface area contributed by atoms with E-state index in [4.69, 9.17) is 11.6 Å². The highest BCUT2D eigenvalue weighted by molar-refractivity contribution is 9.10. The molecule has 2 N–H and O–H groups in total. The molecule has 0 aliphatic rings. The summed E-state index contributed by atoms with van der Waals surface area (Å²) in [5.41, 5.74) is 2.02. The van der Waals surface area contributed by atoms with Crippen molar-refractivity contribution in [2.45, 2.75) is 13.3 Å². The van der Waals surface area contributed by atoms with E-state index in [9.17, 15) is 9.59 Å². The number of halogens is 2. The molecule has 0 saturated heterocycles. The van der Waals surface area contributed by atoms with Crippen LogP contribution in [0.2, 0.25) is 5.02 Å². The Morgan fingerprint density at radius 2 is 1.77 bits per heavy atom. The van der Waals surface area contributed by atoms with Crippen molar-refractivity contribution in [3.05, 3.63) is 57.5 Å². The van der Waals surface area contributed by atoms with Crippen molar-refractivity contribution in [2.75, 3.05) is 10.6 Å². The molecule has 4 nitrogen and oxygen atoms in total. The molecule has 0 radical (unpaired) electrons. The number of carbonyl (C=O) groups is 2. The van der Waals surface area contributed by atoms with Crippen molar-refractivity contribution in [3.8, 4) is 0 Å². The lowest BCUT2D eigenvalue weighted by Crippen LogP contribution is -2.14. The number of nitrogens with one attached hydrogen (secondary N) is 2. The molecule has 0 aromatic heterocycles. The lowest BCUT2D eigenvalue weighted by molar-refractivity contribution is -0.116. The van der Waals surface area contributed by atoms with Gasteiger partial charge >= 0.3 is 0 Å². The molecule has 0 atom stereocenters. The molecule has 2 rings (SSSR count). The number of benzene rings is 2. The summed E-state index contributed by atoms with van der Waals surface area (Å²) >= 11 is 9.42. The first-order chi connectivity index (χ1) is 10.4. The van der Waals surface area contributed by atoms with E-state index in [1.165, 1.54) is 6.92 Å². The van der Waals surface area contributed by atoms with Gasteiger partial charge in [0.2, 0.25) is 11.8 Å². The summed E-state index contributed by atoms with van der Waals surface area (Å²) in [6.07, 6.45) is 0.276. The fraction of sp³-hybridized carbons (Fsp3) is 0.125. The van der Waals surface area contributed by atoms with Crippen LogP contribution in [0.3, 0.4) is 0 Å². The van der Waals surface area contributed by atoms with Crippen molar-refractivity contribution in [1.82, 2.24) is 0 Å². The summed E-state index contributed by atoms with van der Waals surface area (Å²) in [5, 5.41) is 5.76. The molecule has 0 fully saturated rings. The van der Waals surface area contributed by atoms with Gasteiger partial charge in [-0.3, -0.25) is 9.59 Å². The van der Waals surface area contributed by atoms with Crippen LogP contribution in [0.5, 0.6) is 0 Å². The van der Waals surface area contributed by atoms with Crippen LogP contribution in [0.1, 0.15) is 12.5 Å². The molecule has 0 spiro atoms. The van der Waals surface area contributed by atoms with E-state index in [1.807, 2.05) is 24.3 Å². The van der Waals surface area contributed by atoms with Crippen LogP contribution in [-0.2, 0) is 16.0 Å². The van der Waals surface area contributed by atoms with Crippen molar-refractivity contribution in [2.24, 2.45) is 0 Å². The monoisotopic (exact) mass is 380 g/mol. The predicted molar refractivity (Wildman–Crippen MR) is 92.2 cm³/mol. The molecule has 2 amide bonds. The maximum Gasteiger partial charge on any atom is 0.228 e. The average Bonchev–Trinajstić information content (AvgIpc) is 2.44. The highest BCUT2D eigenvalue weighted by Gasteiger charge is 2.07. The fourth-order valence-electron chi connectivity index (χ4n) is 1.88. The smallest absolute Gasteiger partial charge is 0.228 e. The quantitative estimate of drug-likeness (QED) is 0.832. The summed E-state index contributed by atoms with van der Waals surface area (Å²) in [7, 11) is 0. The third-order valence-electron chi connectivity index (χ3n) is 2.84. The van der Waals surface area contributed by atoms with Crippen LogP contribution in [0.4, 0.5) is 11.4 Å². The van der Waals surface area contributed by atoms with Gasteiger partial charge in [0.25, 0.3) is 0 Å². The second kappa shape index (κ2) is 7.42. The van der Waals surface area contributed by atoms with Crippen LogP contribution < -0.4 is 10.6 Å². The number of hydrogen-bond acceptors (Lipinski definition) is 2. The molecule has 0 aliphatic carbocycles. The van der Waals surface area contributed by atoms with Gasteiger partial charge in [-0.2, -0.15) is 0 Å². The van der Waals surface area contributed by atoms with Gasteiger partial charge in [-0.05, 0) is 35.9 Å². The minimum atomic E-state index is -0.200. The third kappa shape index (κ3) is 4.86. The first-order valence-electron chi connectivity index (χ1n) is 6.55. The lowest BCUT2D eigenvalue weighted by atomic mass is 10.1. The van der Waals surface area contributed by atoms with Gasteiger partial charge in [0.05, 0.1) is 17.1 Å². The Morgan fingerprint density at radius 1 is 1.09 bits per heavy atom. The minimum absolute atomic E-state index is 0.134. The zero-order chi connectivity index (χ0) is 16.1. The summed E-state index contributed by atoms with van der Waals surface area (Å²) in [6, 6.07) is 12.5. The van der Waals surface area contributed by atoms with E-state index in [0.29, 0.717) is 16.4 Å². The van der Waals surface area contributed by atoms with Gasteiger partial charge in [0.15, 0.2) is 0 Å². The van der Waals surface area contributed by atoms with Gasteiger partial charge in [-0.1, -0.05) is 39.7 Å². The zero-order valence-corrected chi connectivity index (χ0v) is 14.2. The Balaban J connectivity index is 2.01. The third-order valence-corrected chi connectivity index (χ3v) is 3.68. The van der Waals surface area contributed by atoms with E-state index in [1.54, 1.807) is 18.2 Å². The molecule has 6 heteroatoms. The predicted octanol–water partition coefficient (Wildman–Crippen LogP) is 4.24. The van der Waals surface area contributed by atoms with Crippen LogP contribution in [-0.4, -0.2) is 11.8 Å². The van der Waals surface area contributed by atoms with E-state index >= 15 is 0 Å². The molecule has 0 bridgehead atoms. The van der Waals surface area contributed by atoms with Gasteiger partial charge in [-0.15, -0.1) is 0 Å². The molecular formula is C16H14BrClN2O2. The molecule has 0 aliphatic heterocycles. The van der Waals surface area contributed by atoms with Crippen LogP contribution in [0, 0.1) is 0 Å². The molecule has 2 aromatic carbocycles. The maximum atomic E-state index is 12.0. The molecule has 0 unspecified atom stereocenters. The molecule has 2 aromatic rings. The Hall–Kier alpha value is -1.85. The van der Waals surface area contributed by atoms with E-state index in [2.05, 4.69) is 26.6 Å². The zero-order valence-electron chi connectivity index (χ0n) is 11.8. The first-order valence-corrected chi connectivity index (χ1v) is 7.72. The number of rotatable bonds is 4. The van der Waals surface area contributed by atoms with Crippen molar-refractivity contribution < 1.29 is 9.59 Å². The van der Waals surface area contributed by atoms with E-state index in [-0.39, 0.29) is 18.2 Å². The summed E-state index contributed by atoms with van der Waals surface area (Å²) < 4.78 is 0.969. The Morgan fingerprint density at radius 3 is 2.36 bits per heavy atom. The normalized spacial score (nSPS) is 10.1. The molecule has 114 valence electrons. The maximum absolute atomic E-state index is 12.0. The Kier molecular flexibility index (Phi) is 5.57. The Labute approximate surface area is 142 Å². The van der Waals surface area contributed by atoms with Gasteiger partial charge < -0.3 is 10.6 Å².